The SMILES string of the molecule is C[C@H](O)c1ccc(Oc2ccccc2Cl)cc1Br. The van der Waals surface area contributed by atoms with Crippen molar-refractivity contribution >= 4 is 27.5 Å². The lowest BCUT2D eigenvalue weighted by molar-refractivity contribution is 0.198. The van der Waals surface area contributed by atoms with Gasteiger partial charge in [-0.2, -0.15) is 0 Å². The van der Waals surface area contributed by atoms with Crippen molar-refractivity contribution in [3.8, 4) is 11.5 Å². The number of aliphatic hydroxyl groups excluding tert-OH is 1. The molecule has 4 heteroatoms. The monoisotopic (exact) mass is 326 g/mol. The van der Waals surface area contributed by atoms with Crippen molar-refractivity contribution in [2.75, 3.05) is 0 Å². The van der Waals surface area contributed by atoms with Crippen LogP contribution in [-0.2, 0) is 0 Å². The van der Waals surface area contributed by atoms with E-state index in [2.05, 4.69) is 15.9 Å². The Hall–Kier alpha value is -1.03. The zero-order valence-corrected chi connectivity index (χ0v) is 12.1. The van der Waals surface area contributed by atoms with E-state index in [0.717, 1.165) is 10.0 Å². The van der Waals surface area contributed by atoms with Crippen molar-refractivity contribution in [2.24, 2.45) is 0 Å². The predicted octanol–water partition coefficient (Wildman–Crippen LogP) is 4.95. The fraction of sp³-hybridized carbons (Fsp3) is 0.143. The fourth-order valence-corrected chi connectivity index (χ4v) is 2.43. The zero-order valence-electron chi connectivity index (χ0n) is 9.73. The minimum absolute atomic E-state index is 0.520. The maximum atomic E-state index is 9.54. The molecule has 0 aliphatic carbocycles. The summed E-state index contributed by atoms with van der Waals surface area (Å²) in [4.78, 5) is 0. The van der Waals surface area contributed by atoms with Gasteiger partial charge in [-0.15, -0.1) is 0 Å². The molecule has 2 aromatic carbocycles. The van der Waals surface area contributed by atoms with Gasteiger partial charge in [-0.05, 0) is 36.8 Å². The first-order chi connectivity index (χ1) is 8.58. The number of para-hydroxylation sites is 1. The highest BCUT2D eigenvalue weighted by molar-refractivity contribution is 9.10. The summed E-state index contributed by atoms with van der Waals surface area (Å²) in [5.41, 5.74) is 0.821. The number of ether oxygens (including phenoxy) is 1. The molecule has 0 saturated carbocycles. The van der Waals surface area contributed by atoms with Gasteiger partial charge in [-0.3, -0.25) is 0 Å². The van der Waals surface area contributed by atoms with Crippen LogP contribution in [0.5, 0.6) is 11.5 Å². The van der Waals surface area contributed by atoms with Gasteiger partial charge in [0.05, 0.1) is 11.1 Å². The molecule has 94 valence electrons. The molecule has 1 atom stereocenters. The average molecular weight is 328 g/mol. The van der Waals surface area contributed by atoms with Crippen LogP contribution in [0.2, 0.25) is 5.02 Å². The third-order valence-electron chi connectivity index (χ3n) is 2.49. The van der Waals surface area contributed by atoms with Crippen LogP contribution in [0.4, 0.5) is 0 Å². The zero-order chi connectivity index (χ0) is 13.1. The van der Waals surface area contributed by atoms with Crippen molar-refractivity contribution in [3.05, 3.63) is 57.5 Å². The first-order valence-electron chi connectivity index (χ1n) is 5.48. The first-order valence-corrected chi connectivity index (χ1v) is 6.65. The molecule has 0 bridgehead atoms. The number of benzene rings is 2. The quantitative estimate of drug-likeness (QED) is 0.864. The van der Waals surface area contributed by atoms with Gasteiger partial charge in [0.25, 0.3) is 0 Å². The minimum atomic E-state index is -0.520. The van der Waals surface area contributed by atoms with Gasteiger partial charge in [-0.1, -0.05) is 45.7 Å². The molecule has 2 rings (SSSR count). The molecule has 0 aromatic heterocycles. The summed E-state index contributed by atoms with van der Waals surface area (Å²) in [6.07, 6.45) is -0.520. The number of hydrogen-bond donors (Lipinski definition) is 1. The van der Waals surface area contributed by atoms with E-state index in [1.165, 1.54) is 0 Å². The lowest BCUT2D eigenvalue weighted by atomic mass is 10.1. The molecular formula is C14H12BrClO2. The summed E-state index contributed by atoms with van der Waals surface area (Å²) in [5.74, 6) is 1.27. The molecule has 18 heavy (non-hydrogen) atoms. The largest absolute Gasteiger partial charge is 0.456 e. The number of hydrogen-bond acceptors (Lipinski definition) is 2. The average Bonchev–Trinajstić information content (AvgIpc) is 2.32. The summed E-state index contributed by atoms with van der Waals surface area (Å²) in [7, 11) is 0. The van der Waals surface area contributed by atoms with E-state index in [-0.39, 0.29) is 0 Å². The van der Waals surface area contributed by atoms with E-state index in [0.29, 0.717) is 16.5 Å². The second kappa shape index (κ2) is 5.74. The van der Waals surface area contributed by atoms with E-state index in [4.69, 9.17) is 16.3 Å². The van der Waals surface area contributed by atoms with Crippen molar-refractivity contribution in [3.63, 3.8) is 0 Å². The fourth-order valence-electron chi connectivity index (χ4n) is 1.56. The Kier molecular flexibility index (Phi) is 4.27. The van der Waals surface area contributed by atoms with Gasteiger partial charge in [0.1, 0.15) is 11.5 Å². The summed E-state index contributed by atoms with van der Waals surface area (Å²) < 4.78 is 6.49. The highest BCUT2D eigenvalue weighted by Crippen LogP contribution is 2.32. The Balaban J connectivity index is 2.26. The van der Waals surface area contributed by atoms with E-state index in [1.54, 1.807) is 25.1 Å². The Labute approximate surface area is 119 Å². The molecular weight excluding hydrogens is 316 g/mol. The molecule has 0 aliphatic rings. The molecule has 0 aliphatic heterocycles. The van der Waals surface area contributed by atoms with Crippen LogP contribution in [0, 0.1) is 0 Å². The second-order valence-electron chi connectivity index (χ2n) is 3.89. The molecule has 0 heterocycles. The van der Waals surface area contributed by atoms with Gasteiger partial charge in [0.2, 0.25) is 0 Å². The number of aliphatic hydroxyl groups is 1. The summed E-state index contributed by atoms with van der Waals surface area (Å²) in [6.45, 7) is 1.72. The topological polar surface area (TPSA) is 29.5 Å². The van der Waals surface area contributed by atoms with Gasteiger partial charge < -0.3 is 9.84 Å². The summed E-state index contributed by atoms with van der Waals surface area (Å²) in [6, 6.07) is 12.7. The molecule has 0 saturated heterocycles. The van der Waals surface area contributed by atoms with Crippen LogP contribution < -0.4 is 4.74 Å². The lowest BCUT2D eigenvalue weighted by Gasteiger charge is -2.11. The second-order valence-corrected chi connectivity index (χ2v) is 5.15. The van der Waals surface area contributed by atoms with E-state index >= 15 is 0 Å². The van der Waals surface area contributed by atoms with Crippen molar-refractivity contribution in [1.29, 1.82) is 0 Å². The highest BCUT2D eigenvalue weighted by atomic mass is 79.9. The molecule has 2 nitrogen and oxygen atoms in total. The molecule has 2 aromatic rings. The Morgan fingerprint density at radius 1 is 1.22 bits per heavy atom. The van der Waals surface area contributed by atoms with Crippen molar-refractivity contribution < 1.29 is 9.84 Å². The Bertz CT molecular complexity index is 555. The molecule has 0 fully saturated rings. The first kappa shape index (κ1) is 13.4. The van der Waals surface area contributed by atoms with Gasteiger partial charge >= 0.3 is 0 Å². The maximum absolute atomic E-state index is 9.54. The van der Waals surface area contributed by atoms with Crippen LogP contribution in [-0.4, -0.2) is 5.11 Å². The third kappa shape index (κ3) is 3.05. The molecule has 0 radical (unpaired) electrons. The molecule has 0 spiro atoms. The van der Waals surface area contributed by atoms with Gasteiger partial charge in [-0.25, -0.2) is 0 Å². The van der Waals surface area contributed by atoms with E-state index in [9.17, 15) is 5.11 Å². The molecule has 1 N–H and O–H groups in total. The maximum Gasteiger partial charge on any atom is 0.146 e. The summed E-state index contributed by atoms with van der Waals surface area (Å²) >= 11 is 9.43. The summed E-state index contributed by atoms with van der Waals surface area (Å²) in [5, 5.41) is 10.1. The highest BCUT2D eigenvalue weighted by Gasteiger charge is 2.08. The number of halogens is 2. The predicted molar refractivity (Wildman–Crippen MR) is 76.3 cm³/mol. The minimum Gasteiger partial charge on any atom is -0.456 e. The Morgan fingerprint density at radius 2 is 1.94 bits per heavy atom. The number of rotatable bonds is 3. The molecule has 0 amide bonds. The van der Waals surface area contributed by atoms with Crippen LogP contribution in [0.1, 0.15) is 18.6 Å². The van der Waals surface area contributed by atoms with Crippen molar-refractivity contribution in [1.82, 2.24) is 0 Å². The molecule has 0 unspecified atom stereocenters. The third-order valence-corrected chi connectivity index (χ3v) is 3.49. The lowest BCUT2D eigenvalue weighted by Crippen LogP contribution is -1.93. The van der Waals surface area contributed by atoms with Crippen molar-refractivity contribution in [2.45, 2.75) is 13.0 Å². The smallest absolute Gasteiger partial charge is 0.146 e. The van der Waals surface area contributed by atoms with E-state index < -0.39 is 6.10 Å². The normalized spacial score (nSPS) is 12.2. The van der Waals surface area contributed by atoms with Crippen LogP contribution in [0.15, 0.2) is 46.9 Å². The van der Waals surface area contributed by atoms with Gasteiger partial charge in [0.15, 0.2) is 0 Å². The van der Waals surface area contributed by atoms with Gasteiger partial charge in [0, 0.05) is 4.47 Å². The Morgan fingerprint density at radius 3 is 2.56 bits per heavy atom. The van der Waals surface area contributed by atoms with E-state index in [1.807, 2.05) is 24.3 Å². The standard InChI is InChI=1S/C14H12BrClO2/c1-9(17)11-7-6-10(8-12(11)15)18-14-5-3-2-4-13(14)16/h2-9,17H,1H3/t9-/m0/s1. The van der Waals surface area contributed by atoms with Crippen LogP contribution in [0.3, 0.4) is 0 Å². The van der Waals surface area contributed by atoms with Crippen LogP contribution in [0.25, 0.3) is 0 Å². The van der Waals surface area contributed by atoms with Crippen LogP contribution >= 0.6 is 27.5 Å².